The zero-order valence-corrected chi connectivity index (χ0v) is 10.1. The van der Waals surface area contributed by atoms with Gasteiger partial charge in [-0.3, -0.25) is 14.5 Å². The predicted molar refractivity (Wildman–Crippen MR) is 66.9 cm³/mol. The molecule has 0 N–H and O–H groups in total. The maximum atomic E-state index is 12.1. The quantitative estimate of drug-likeness (QED) is 0.718. The van der Waals surface area contributed by atoms with E-state index >= 15 is 0 Å². The second-order valence-corrected chi connectivity index (χ2v) is 4.22. The molecule has 0 aliphatic carbocycles. The molecule has 0 fully saturated rings. The van der Waals surface area contributed by atoms with Crippen molar-refractivity contribution in [1.29, 1.82) is 0 Å². The Morgan fingerprint density at radius 1 is 1.06 bits per heavy atom. The summed E-state index contributed by atoms with van der Waals surface area (Å²) in [6, 6.07) is 9.08. The fourth-order valence-electron chi connectivity index (χ4n) is 2.35. The number of amides is 2. The van der Waals surface area contributed by atoms with Crippen molar-refractivity contribution < 1.29 is 14.3 Å². The van der Waals surface area contributed by atoms with E-state index in [0.29, 0.717) is 16.9 Å². The van der Waals surface area contributed by atoms with Crippen LogP contribution in [0.4, 0.5) is 0 Å². The van der Waals surface area contributed by atoms with Crippen LogP contribution in [0.2, 0.25) is 0 Å². The van der Waals surface area contributed by atoms with Crippen LogP contribution in [-0.2, 0) is 0 Å². The smallest absolute Gasteiger partial charge is 0.261 e. The van der Waals surface area contributed by atoms with Gasteiger partial charge in [0.25, 0.3) is 11.8 Å². The lowest BCUT2D eigenvalue weighted by Crippen LogP contribution is -2.24. The first kappa shape index (κ1) is 10.8. The van der Waals surface area contributed by atoms with Crippen LogP contribution >= 0.6 is 0 Å². The van der Waals surface area contributed by atoms with Gasteiger partial charge < -0.3 is 4.74 Å². The largest absolute Gasteiger partial charge is 0.496 e. The Kier molecular flexibility index (Phi) is 2.13. The normalized spacial score (nSPS) is 14.2. The average Bonchev–Trinajstić information content (AvgIpc) is 2.63. The number of methoxy groups -OCH3 is 1. The van der Waals surface area contributed by atoms with Gasteiger partial charge >= 0.3 is 0 Å². The SMILES string of the molecule is COc1cc2c(c3ccccc13)C(=O)N(C)C2=O. The minimum absolute atomic E-state index is 0.256. The van der Waals surface area contributed by atoms with E-state index in [-0.39, 0.29) is 11.8 Å². The van der Waals surface area contributed by atoms with Gasteiger partial charge in [0.1, 0.15) is 5.75 Å². The minimum Gasteiger partial charge on any atom is -0.496 e. The van der Waals surface area contributed by atoms with E-state index in [0.717, 1.165) is 15.7 Å². The molecule has 2 aromatic rings. The Bertz CT molecular complexity index is 691. The highest BCUT2D eigenvalue weighted by Gasteiger charge is 2.35. The molecule has 1 heterocycles. The van der Waals surface area contributed by atoms with E-state index in [1.54, 1.807) is 13.2 Å². The molecular formula is C14H11NO3. The van der Waals surface area contributed by atoms with Gasteiger partial charge in [-0.15, -0.1) is 0 Å². The van der Waals surface area contributed by atoms with Crippen LogP contribution in [0.3, 0.4) is 0 Å². The van der Waals surface area contributed by atoms with Crippen LogP contribution < -0.4 is 4.74 Å². The molecule has 0 spiro atoms. The Morgan fingerprint density at radius 2 is 1.72 bits per heavy atom. The highest BCUT2D eigenvalue weighted by molar-refractivity contribution is 6.27. The molecule has 1 aliphatic heterocycles. The lowest BCUT2D eigenvalue weighted by atomic mass is 9.99. The topological polar surface area (TPSA) is 46.6 Å². The van der Waals surface area contributed by atoms with Crippen molar-refractivity contribution in [3.63, 3.8) is 0 Å². The molecule has 18 heavy (non-hydrogen) atoms. The number of fused-ring (bicyclic) bond motifs is 3. The van der Waals surface area contributed by atoms with Crippen molar-refractivity contribution in [2.24, 2.45) is 0 Å². The summed E-state index contributed by atoms with van der Waals surface area (Å²) >= 11 is 0. The Labute approximate surface area is 104 Å². The zero-order chi connectivity index (χ0) is 12.9. The number of nitrogens with zero attached hydrogens (tertiary/aromatic N) is 1. The molecule has 4 nitrogen and oxygen atoms in total. The highest BCUT2D eigenvalue weighted by atomic mass is 16.5. The van der Waals surface area contributed by atoms with Crippen LogP contribution in [0.5, 0.6) is 5.75 Å². The van der Waals surface area contributed by atoms with Crippen LogP contribution in [0.25, 0.3) is 10.8 Å². The summed E-state index contributed by atoms with van der Waals surface area (Å²) in [5.74, 6) is 0.0775. The van der Waals surface area contributed by atoms with Crippen molar-refractivity contribution in [3.8, 4) is 5.75 Å². The number of hydrogen-bond acceptors (Lipinski definition) is 3. The fraction of sp³-hybridized carbons (Fsp3) is 0.143. The first-order valence-electron chi connectivity index (χ1n) is 5.57. The Hall–Kier alpha value is -2.36. The van der Waals surface area contributed by atoms with E-state index in [9.17, 15) is 9.59 Å². The van der Waals surface area contributed by atoms with Gasteiger partial charge in [-0.2, -0.15) is 0 Å². The molecular weight excluding hydrogens is 230 g/mol. The standard InChI is InChI=1S/C14H11NO3/c1-15-13(16)10-7-11(18-2)8-5-3-4-6-9(8)12(10)14(15)17/h3-7H,1-2H3. The van der Waals surface area contributed by atoms with Crippen molar-refractivity contribution in [2.45, 2.75) is 0 Å². The van der Waals surface area contributed by atoms with Gasteiger partial charge in [0.15, 0.2) is 0 Å². The van der Waals surface area contributed by atoms with Gasteiger partial charge in [-0.05, 0) is 11.5 Å². The van der Waals surface area contributed by atoms with Gasteiger partial charge in [-0.25, -0.2) is 0 Å². The number of ether oxygens (including phenoxy) is 1. The highest BCUT2D eigenvalue weighted by Crippen LogP contribution is 2.35. The van der Waals surface area contributed by atoms with E-state index in [1.807, 2.05) is 24.3 Å². The van der Waals surface area contributed by atoms with Gasteiger partial charge in [-0.1, -0.05) is 24.3 Å². The number of carbonyl (C=O) groups excluding carboxylic acids is 2. The second-order valence-electron chi connectivity index (χ2n) is 4.22. The van der Waals surface area contributed by atoms with E-state index in [2.05, 4.69) is 0 Å². The molecule has 3 rings (SSSR count). The van der Waals surface area contributed by atoms with Gasteiger partial charge in [0.05, 0.1) is 18.2 Å². The maximum Gasteiger partial charge on any atom is 0.261 e. The summed E-state index contributed by atoms with van der Waals surface area (Å²) in [6.07, 6.45) is 0. The number of imide groups is 1. The monoisotopic (exact) mass is 241 g/mol. The van der Waals surface area contributed by atoms with Crippen molar-refractivity contribution in [2.75, 3.05) is 14.2 Å². The minimum atomic E-state index is -0.279. The number of carbonyl (C=O) groups is 2. The number of rotatable bonds is 1. The van der Waals surface area contributed by atoms with Crippen LogP contribution in [-0.4, -0.2) is 30.9 Å². The van der Waals surface area contributed by atoms with E-state index < -0.39 is 0 Å². The average molecular weight is 241 g/mol. The van der Waals surface area contributed by atoms with Crippen LogP contribution in [0.15, 0.2) is 30.3 Å². The summed E-state index contributed by atoms with van der Waals surface area (Å²) in [4.78, 5) is 25.2. The zero-order valence-electron chi connectivity index (χ0n) is 10.1. The van der Waals surface area contributed by atoms with E-state index in [4.69, 9.17) is 4.74 Å². The lowest BCUT2D eigenvalue weighted by molar-refractivity contribution is 0.0693. The molecule has 1 aliphatic rings. The molecule has 0 unspecified atom stereocenters. The number of hydrogen-bond donors (Lipinski definition) is 0. The third-order valence-corrected chi connectivity index (χ3v) is 3.28. The molecule has 4 heteroatoms. The van der Waals surface area contributed by atoms with Crippen LogP contribution in [0.1, 0.15) is 20.7 Å². The molecule has 90 valence electrons. The molecule has 0 aromatic heterocycles. The van der Waals surface area contributed by atoms with Crippen molar-refractivity contribution in [1.82, 2.24) is 4.90 Å². The third kappa shape index (κ3) is 1.20. The summed E-state index contributed by atoms with van der Waals surface area (Å²) in [7, 11) is 3.05. The van der Waals surface area contributed by atoms with Crippen molar-refractivity contribution in [3.05, 3.63) is 41.5 Å². The summed E-state index contributed by atoms with van der Waals surface area (Å²) in [5.41, 5.74) is 0.886. The van der Waals surface area contributed by atoms with Crippen LogP contribution in [0, 0.1) is 0 Å². The van der Waals surface area contributed by atoms with Gasteiger partial charge in [0, 0.05) is 12.4 Å². The summed E-state index contributed by atoms with van der Waals surface area (Å²) in [5, 5.41) is 1.60. The molecule has 2 amide bonds. The Morgan fingerprint density at radius 3 is 2.39 bits per heavy atom. The van der Waals surface area contributed by atoms with E-state index in [1.165, 1.54) is 7.05 Å². The predicted octanol–water partition coefficient (Wildman–Crippen LogP) is 2.07. The number of benzene rings is 2. The summed E-state index contributed by atoms with van der Waals surface area (Å²) < 4.78 is 5.29. The lowest BCUT2D eigenvalue weighted by Gasteiger charge is -2.08. The molecule has 0 saturated heterocycles. The molecule has 0 saturated carbocycles. The fourth-order valence-corrected chi connectivity index (χ4v) is 2.35. The van der Waals surface area contributed by atoms with Gasteiger partial charge in [0.2, 0.25) is 0 Å². The van der Waals surface area contributed by atoms with Crippen molar-refractivity contribution >= 4 is 22.6 Å². The molecule has 2 aromatic carbocycles. The first-order chi connectivity index (χ1) is 8.65. The maximum absolute atomic E-state index is 12.1. The molecule has 0 bridgehead atoms. The Balaban J connectivity index is 2.47. The first-order valence-corrected chi connectivity index (χ1v) is 5.57. The summed E-state index contributed by atoms with van der Waals surface area (Å²) in [6.45, 7) is 0. The second kappa shape index (κ2) is 3.57. The third-order valence-electron chi connectivity index (χ3n) is 3.28. The molecule has 0 atom stereocenters. The molecule has 0 radical (unpaired) electrons.